The van der Waals surface area contributed by atoms with Gasteiger partial charge in [-0.25, -0.2) is 4.68 Å². The molecule has 4 heteroatoms. The second-order valence-corrected chi connectivity index (χ2v) is 4.02. The summed E-state index contributed by atoms with van der Waals surface area (Å²) in [6.45, 7) is 4.05. The predicted octanol–water partition coefficient (Wildman–Crippen LogP) is 0.742. The lowest BCUT2D eigenvalue weighted by Gasteiger charge is -2.17. The van der Waals surface area contributed by atoms with Crippen molar-refractivity contribution in [3.8, 4) is 5.88 Å². The van der Waals surface area contributed by atoms with Crippen LogP contribution in [-0.2, 0) is 6.54 Å². The average molecular weight is 193 g/mol. The van der Waals surface area contributed by atoms with Gasteiger partial charge in [0.15, 0.2) is 0 Å². The van der Waals surface area contributed by atoms with Crippen LogP contribution in [0.3, 0.4) is 0 Å². The van der Waals surface area contributed by atoms with E-state index in [1.165, 1.54) is 12.0 Å². The number of fused-ring (bicyclic) bond motifs is 1. The first-order valence-electron chi connectivity index (χ1n) is 5.34. The van der Waals surface area contributed by atoms with E-state index in [0.29, 0.717) is 5.92 Å². The monoisotopic (exact) mass is 193 g/mol. The smallest absolute Gasteiger partial charge is 0.215 e. The maximum atomic E-state index is 5.68. The number of aryl methyl sites for hydroxylation is 1. The van der Waals surface area contributed by atoms with E-state index in [4.69, 9.17) is 4.74 Å². The van der Waals surface area contributed by atoms with E-state index in [1.54, 1.807) is 0 Å². The van der Waals surface area contributed by atoms with Gasteiger partial charge >= 0.3 is 0 Å². The number of rotatable bonds is 1. The van der Waals surface area contributed by atoms with Crippen LogP contribution in [0.15, 0.2) is 6.20 Å². The number of ether oxygens (including phenoxy) is 1. The summed E-state index contributed by atoms with van der Waals surface area (Å²) in [5.41, 5.74) is 1.30. The van der Waals surface area contributed by atoms with Crippen molar-refractivity contribution in [3.05, 3.63) is 11.8 Å². The van der Waals surface area contributed by atoms with Gasteiger partial charge in [0, 0.05) is 31.0 Å². The zero-order valence-corrected chi connectivity index (χ0v) is 8.20. The van der Waals surface area contributed by atoms with E-state index in [-0.39, 0.29) is 0 Å². The Hall–Kier alpha value is -1.03. The molecule has 0 saturated carbocycles. The van der Waals surface area contributed by atoms with Gasteiger partial charge in [-0.05, 0) is 13.0 Å². The van der Waals surface area contributed by atoms with Crippen molar-refractivity contribution in [3.63, 3.8) is 0 Å². The number of nitrogens with one attached hydrogen (secondary N) is 1. The third kappa shape index (κ3) is 1.21. The van der Waals surface area contributed by atoms with Crippen LogP contribution in [0.5, 0.6) is 5.88 Å². The van der Waals surface area contributed by atoms with E-state index >= 15 is 0 Å². The molecular formula is C10H15N3O. The van der Waals surface area contributed by atoms with Crippen LogP contribution in [0, 0.1) is 0 Å². The molecule has 1 atom stereocenters. The first kappa shape index (κ1) is 8.29. The molecule has 1 aromatic rings. The SMILES string of the molecule is c1nn2c(c1C1CCNC1)OCCC2. The lowest BCUT2D eigenvalue weighted by Crippen LogP contribution is -2.16. The van der Waals surface area contributed by atoms with E-state index in [2.05, 4.69) is 10.4 Å². The van der Waals surface area contributed by atoms with Crippen molar-refractivity contribution >= 4 is 0 Å². The van der Waals surface area contributed by atoms with Gasteiger partial charge in [-0.15, -0.1) is 0 Å². The Bertz CT molecular complexity index is 328. The molecule has 1 aromatic heterocycles. The highest BCUT2D eigenvalue weighted by atomic mass is 16.5. The molecule has 4 nitrogen and oxygen atoms in total. The summed E-state index contributed by atoms with van der Waals surface area (Å²) in [5.74, 6) is 1.63. The second kappa shape index (κ2) is 3.28. The molecular weight excluding hydrogens is 178 g/mol. The second-order valence-electron chi connectivity index (χ2n) is 4.02. The van der Waals surface area contributed by atoms with Gasteiger partial charge in [-0.1, -0.05) is 0 Å². The molecule has 0 amide bonds. The molecule has 0 bridgehead atoms. The highest BCUT2D eigenvalue weighted by Gasteiger charge is 2.25. The lowest BCUT2D eigenvalue weighted by molar-refractivity contribution is 0.227. The third-order valence-electron chi connectivity index (χ3n) is 3.07. The standard InChI is InChI=1S/C10H15N3O/c1-4-13-10(14-5-1)9(7-12-13)8-2-3-11-6-8/h7-8,11H,1-6H2. The molecule has 3 rings (SSSR count). The van der Waals surface area contributed by atoms with Crippen molar-refractivity contribution in [2.45, 2.75) is 25.3 Å². The maximum Gasteiger partial charge on any atom is 0.215 e. The Morgan fingerprint density at radius 2 is 2.57 bits per heavy atom. The molecule has 0 spiro atoms. The van der Waals surface area contributed by atoms with E-state index in [9.17, 15) is 0 Å². The minimum absolute atomic E-state index is 0.608. The van der Waals surface area contributed by atoms with Crippen LogP contribution in [0.25, 0.3) is 0 Å². The van der Waals surface area contributed by atoms with Crippen LogP contribution in [0.4, 0.5) is 0 Å². The largest absolute Gasteiger partial charge is 0.478 e. The number of hydrogen-bond acceptors (Lipinski definition) is 3. The zero-order chi connectivity index (χ0) is 9.38. The molecule has 3 heterocycles. The lowest BCUT2D eigenvalue weighted by atomic mass is 10.0. The highest BCUT2D eigenvalue weighted by molar-refractivity contribution is 5.30. The molecule has 0 radical (unpaired) electrons. The highest BCUT2D eigenvalue weighted by Crippen LogP contribution is 2.32. The van der Waals surface area contributed by atoms with Crippen molar-refractivity contribution in [2.24, 2.45) is 0 Å². The topological polar surface area (TPSA) is 39.1 Å². The summed E-state index contributed by atoms with van der Waals surface area (Å²) in [6.07, 6.45) is 4.28. The molecule has 1 fully saturated rings. The minimum Gasteiger partial charge on any atom is -0.478 e. The van der Waals surface area contributed by atoms with Gasteiger partial charge in [-0.3, -0.25) is 0 Å². The Morgan fingerprint density at radius 1 is 1.57 bits per heavy atom. The Kier molecular flexibility index (Phi) is 1.94. The van der Waals surface area contributed by atoms with E-state index < -0.39 is 0 Å². The number of hydrogen-bond donors (Lipinski definition) is 1. The normalized spacial score (nSPS) is 25.9. The van der Waals surface area contributed by atoms with E-state index in [0.717, 1.165) is 38.5 Å². The number of aromatic nitrogens is 2. The molecule has 1 N–H and O–H groups in total. The van der Waals surface area contributed by atoms with Gasteiger partial charge in [-0.2, -0.15) is 5.10 Å². The summed E-state index contributed by atoms with van der Waals surface area (Å²) < 4.78 is 7.68. The molecule has 0 aromatic carbocycles. The summed E-state index contributed by atoms with van der Waals surface area (Å²) in [4.78, 5) is 0. The summed E-state index contributed by atoms with van der Waals surface area (Å²) in [7, 11) is 0. The predicted molar refractivity (Wildman–Crippen MR) is 52.6 cm³/mol. The van der Waals surface area contributed by atoms with Crippen molar-refractivity contribution in [1.29, 1.82) is 0 Å². The van der Waals surface area contributed by atoms with Crippen molar-refractivity contribution < 1.29 is 4.74 Å². The fraction of sp³-hybridized carbons (Fsp3) is 0.700. The number of nitrogens with zero attached hydrogens (tertiary/aromatic N) is 2. The van der Waals surface area contributed by atoms with E-state index in [1.807, 2.05) is 10.9 Å². The fourth-order valence-corrected chi connectivity index (χ4v) is 2.29. The van der Waals surface area contributed by atoms with Gasteiger partial charge < -0.3 is 10.1 Å². The minimum atomic E-state index is 0.608. The molecule has 0 aliphatic carbocycles. The van der Waals surface area contributed by atoms with Gasteiger partial charge in [0.25, 0.3) is 0 Å². The average Bonchev–Trinajstić information content (AvgIpc) is 2.85. The first-order valence-corrected chi connectivity index (χ1v) is 5.34. The van der Waals surface area contributed by atoms with Crippen molar-refractivity contribution in [1.82, 2.24) is 15.1 Å². The Morgan fingerprint density at radius 3 is 3.43 bits per heavy atom. The van der Waals surface area contributed by atoms with Crippen molar-refractivity contribution in [2.75, 3.05) is 19.7 Å². The summed E-state index contributed by atoms with van der Waals surface area (Å²) in [6, 6.07) is 0. The summed E-state index contributed by atoms with van der Waals surface area (Å²) >= 11 is 0. The molecule has 76 valence electrons. The molecule has 1 saturated heterocycles. The van der Waals surface area contributed by atoms with Crippen LogP contribution >= 0.6 is 0 Å². The zero-order valence-electron chi connectivity index (χ0n) is 8.20. The van der Waals surface area contributed by atoms with Crippen LogP contribution in [0.2, 0.25) is 0 Å². The maximum absolute atomic E-state index is 5.68. The quantitative estimate of drug-likeness (QED) is 0.715. The Balaban J connectivity index is 1.93. The summed E-state index contributed by atoms with van der Waals surface area (Å²) in [5, 5.41) is 7.74. The first-order chi connectivity index (χ1) is 6.95. The molecule has 1 unspecified atom stereocenters. The van der Waals surface area contributed by atoms with Gasteiger partial charge in [0.05, 0.1) is 12.8 Å². The third-order valence-corrected chi connectivity index (χ3v) is 3.07. The molecule has 2 aliphatic rings. The fourth-order valence-electron chi connectivity index (χ4n) is 2.29. The van der Waals surface area contributed by atoms with Crippen LogP contribution in [0.1, 0.15) is 24.3 Å². The molecule has 14 heavy (non-hydrogen) atoms. The molecule has 2 aliphatic heterocycles. The van der Waals surface area contributed by atoms with Crippen LogP contribution in [-0.4, -0.2) is 29.5 Å². The van der Waals surface area contributed by atoms with Gasteiger partial charge in [0.1, 0.15) is 0 Å². The Labute approximate surface area is 83.2 Å². The van der Waals surface area contributed by atoms with Crippen LogP contribution < -0.4 is 10.1 Å². The van der Waals surface area contributed by atoms with Gasteiger partial charge in [0.2, 0.25) is 5.88 Å².